The molecule has 2 N–H and O–H groups in total. The van der Waals surface area contributed by atoms with Gasteiger partial charge in [0.25, 0.3) is 0 Å². The van der Waals surface area contributed by atoms with Crippen molar-refractivity contribution in [3.63, 3.8) is 0 Å². The molecule has 0 spiro atoms. The van der Waals surface area contributed by atoms with Crippen LogP contribution in [0, 0.1) is 12.8 Å². The van der Waals surface area contributed by atoms with Gasteiger partial charge in [0, 0.05) is 0 Å². The Morgan fingerprint density at radius 2 is 1.56 bits per heavy atom. The van der Waals surface area contributed by atoms with Crippen LogP contribution in [0.1, 0.15) is 45.7 Å². The highest BCUT2D eigenvalue weighted by Gasteiger charge is 2.27. The minimum Gasteiger partial charge on any atom is -0.405 e. The van der Waals surface area contributed by atoms with Gasteiger partial charge in [-0.1, -0.05) is 95.3 Å². The van der Waals surface area contributed by atoms with E-state index in [0.29, 0.717) is 5.92 Å². The lowest BCUT2D eigenvalue weighted by Crippen LogP contribution is -2.26. The molecule has 0 aliphatic rings. The summed E-state index contributed by atoms with van der Waals surface area (Å²) in [6.45, 7) is 13.1. The standard InChI is InChI=1S/C22H27N.C2H6/c1-17-16-20(19-11-6-5-7-12-19)13-14-21(17)22(3,4)18(2)10-8-9-15-23;1-2/h5-16,18H,23H2,1-4H3;1-2H3/b10-8-,15-9-;. The van der Waals surface area contributed by atoms with Gasteiger partial charge in [-0.2, -0.15) is 0 Å². The zero-order valence-electron chi connectivity index (χ0n) is 16.6. The molecule has 0 bridgehead atoms. The van der Waals surface area contributed by atoms with E-state index in [9.17, 15) is 0 Å². The second-order valence-electron chi connectivity index (χ2n) is 6.68. The predicted octanol–water partition coefficient (Wildman–Crippen LogP) is 6.63. The van der Waals surface area contributed by atoms with Crippen LogP contribution in [0.25, 0.3) is 11.1 Å². The molecule has 1 unspecified atom stereocenters. The minimum atomic E-state index is 0.0677. The molecular weight excluding hydrogens is 302 g/mol. The quantitative estimate of drug-likeness (QED) is 0.610. The Hall–Kier alpha value is -2.28. The first-order valence-electron chi connectivity index (χ1n) is 9.18. The first kappa shape index (κ1) is 20.8. The number of hydrogen-bond donors (Lipinski definition) is 1. The van der Waals surface area contributed by atoms with Gasteiger partial charge in [-0.05, 0) is 52.8 Å². The minimum absolute atomic E-state index is 0.0677. The highest BCUT2D eigenvalue weighted by molar-refractivity contribution is 5.65. The van der Waals surface area contributed by atoms with E-state index in [-0.39, 0.29) is 5.41 Å². The molecular formula is C24H33N. The van der Waals surface area contributed by atoms with Crippen LogP contribution in [-0.2, 0) is 5.41 Å². The molecule has 0 heterocycles. The lowest BCUT2D eigenvalue weighted by atomic mass is 9.72. The Bertz CT molecular complexity index is 693. The first-order chi connectivity index (χ1) is 12.0. The molecule has 0 amide bonds. The van der Waals surface area contributed by atoms with Crippen molar-refractivity contribution in [1.29, 1.82) is 0 Å². The molecule has 1 heteroatoms. The van der Waals surface area contributed by atoms with Crippen LogP contribution in [0.4, 0.5) is 0 Å². The van der Waals surface area contributed by atoms with E-state index in [1.807, 2.05) is 26.0 Å². The second kappa shape index (κ2) is 9.88. The van der Waals surface area contributed by atoms with Gasteiger partial charge in [-0.25, -0.2) is 0 Å². The van der Waals surface area contributed by atoms with E-state index in [2.05, 4.69) is 82.3 Å². The fourth-order valence-corrected chi connectivity index (χ4v) is 2.98. The van der Waals surface area contributed by atoms with Crippen LogP contribution in [0.5, 0.6) is 0 Å². The molecule has 134 valence electrons. The molecule has 0 aliphatic heterocycles. The van der Waals surface area contributed by atoms with Crippen LogP contribution in [-0.4, -0.2) is 0 Å². The SMILES string of the molecule is CC.Cc1cc(-c2ccccc2)ccc1C(C)(C)C(C)/C=C\C=C/N. The van der Waals surface area contributed by atoms with Crippen LogP contribution >= 0.6 is 0 Å². The van der Waals surface area contributed by atoms with E-state index in [1.165, 1.54) is 22.3 Å². The summed E-state index contributed by atoms with van der Waals surface area (Å²) >= 11 is 0. The molecule has 0 saturated heterocycles. The van der Waals surface area contributed by atoms with Crippen LogP contribution in [0.15, 0.2) is 73.0 Å². The van der Waals surface area contributed by atoms with Crippen molar-refractivity contribution in [2.24, 2.45) is 11.7 Å². The molecule has 2 aromatic carbocycles. The molecule has 0 fully saturated rings. The lowest BCUT2D eigenvalue weighted by molar-refractivity contribution is 0.407. The van der Waals surface area contributed by atoms with Crippen molar-refractivity contribution in [3.05, 3.63) is 84.1 Å². The van der Waals surface area contributed by atoms with Gasteiger partial charge < -0.3 is 5.73 Å². The highest BCUT2D eigenvalue weighted by atomic mass is 14.5. The summed E-state index contributed by atoms with van der Waals surface area (Å²) in [6.07, 6.45) is 7.68. The largest absolute Gasteiger partial charge is 0.405 e. The third-order valence-electron chi connectivity index (χ3n) is 4.79. The number of nitrogens with two attached hydrogens (primary N) is 1. The van der Waals surface area contributed by atoms with E-state index < -0.39 is 0 Å². The zero-order chi connectivity index (χ0) is 18.9. The average molecular weight is 336 g/mol. The lowest BCUT2D eigenvalue weighted by Gasteiger charge is -2.32. The Kier molecular flexibility index (Phi) is 8.21. The molecule has 1 atom stereocenters. The van der Waals surface area contributed by atoms with E-state index in [1.54, 1.807) is 6.20 Å². The summed E-state index contributed by atoms with van der Waals surface area (Å²) in [7, 11) is 0. The Morgan fingerprint density at radius 1 is 0.920 bits per heavy atom. The number of benzene rings is 2. The van der Waals surface area contributed by atoms with Crippen molar-refractivity contribution in [3.8, 4) is 11.1 Å². The summed E-state index contributed by atoms with van der Waals surface area (Å²) in [5.74, 6) is 0.417. The van der Waals surface area contributed by atoms with Crippen molar-refractivity contribution in [2.75, 3.05) is 0 Å². The Morgan fingerprint density at radius 3 is 2.12 bits per heavy atom. The van der Waals surface area contributed by atoms with E-state index in [0.717, 1.165) is 0 Å². The molecule has 0 aliphatic carbocycles. The molecule has 25 heavy (non-hydrogen) atoms. The number of allylic oxidation sites excluding steroid dienone is 3. The fourth-order valence-electron chi connectivity index (χ4n) is 2.98. The first-order valence-corrected chi connectivity index (χ1v) is 9.18. The topological polar surface area (TPSA) is 26.0 Å². The highest BCUT2D eigenvalue weighted by Crippen LogP contribution is 2.36. The summed E-state index contributed by atoms with van der Waals surface area (Å²) < 4.78 is 0. The van der Waals surface area contributed by atoms with E-state index in [4.69, 9.17) is 5.73 Å². The van der Waals surface area contributed by atoms with Gasteiger partial charge in [-0.3, -0.25) is 0 Å². The van der Waals surface area contributed by atoms with Gasteiger partial charge in [0.15, 0.2) is 0 Å². The van der Waals surface area contributed by atoms with Gasteiger partial charge in [0.2, 0.25) is 0 Å². The van der Waals surface area contributed by atoms with Gasteiger partial charge >= 0.3 is 0 Å². The van der Waals surface area contributed by atoms with Crippen molar-refractivity contribution in [2.45, 2.75) is 47.0 Å². The van der Waals surface area contributed by atoms with Gasteiger partial charge in [0.1, 0.15) is 0 Å². The second-order valence-corrected chi connectivity index (χ2v) is 6.68. The summed E-state index contributed by atoms with van der Waals surface area (Å²) in [5.41, 5.74) is 10.7. The van der Waals surface area contributed by atoms with E-state index >= 15 is 0 Å². The fraction of sp³-hybridized carbons (Fsp3) is 0.333. The third kappa shape index (κ3) is 5.35. The normalized spacial score (nSPS) is 12.9. The van der Waals surface area contributed by atoms with Crippen molar-refractivity contribution in [1.82, 2.24) is 0 Å². The average Bonchev–Trinajstić information content (AvgIpc) is 2.64. The summed E-state index contributed by atoms with van der Waals surface area (Å²) in [4.78, 5) is 0. The molecule has 2 rings (SSSR count). The monoisotopic (exact) mass is 335 g/mol. The molecule has 2 aromatic rings. The zero-order valence-corrected chi connectivity index (χ0v) is 16.6. The van der Waals surface area contributed by atoms with Crippen molar-refractivity contribution < 1.29 is 0 Å². The van der Waals surface area contributed by atoms with Crippen LogP contribution in [0.2, 0.25) is 0 Å². The van der Waals surface area contributed by atoms with Gasteiger partial charge in [0.05, 0.1) is 0 Å². The summed E-state index contributed by atoms with van der Waals surface area (Å²) in [6, 6.07) is 17.3. The Balaban J connectivity index is 0.00000151. The maximum Gasteiger partial charge on any atom is -0.00408 e. The van der Waals surface area contributed by atoms with Crippen LogP contribution < -0.4 is 5.73 Å². The molecule has 1 nitrogen and oxygen atoms in total. The maximum absolute atomic E-state index is 5.40. The van der Waals surface area contributed by atoms with Crippen LogP contribution in [0.3, 0.4) is 0 Å². The van der Waals surface area contributed by atoms with Crippen molar-refractivity contribution >= 4 is 0 Å². The molecule has 0 radical (unpaired) electrons. The maximum atomic E-state index is 5.40. The number of rotatable bonds is 5. The smallest absolute Gasteiger partial charge is 0.00408 e. The predicted molar refractivity (Wildman–Crippen MR) is 113 cm³/mol. The van der Waals surface area contributed by atoms with Gasteiger partial charge in [-0.15, -0.1) is 0 Å². The Labute approximate surface area is 154 Å². The molecule has 0 saturated carbocycles. The third-order valence-corrected chi connectivity index (χ3v) is 4.79. The number of aryl methyl sites for hydroxylation is 1. The summed E-state index contributed by atoms with van der Waals surface area (Å²) in [5, 5.41) is 0. The number of hydrogen-bond acceptors (Lipinski definition) is 1. The molecule has 0 aromatic heterocycles.